The largest absolute Gasteiger partial charge is 0.368 e. The summed E-state index contributed by atoms with van der Waals surface area (Å²) in [5.41, 5.74) is 1.75. The second-order valence-corrected chi connectivity index (χ2v) is 4.78. The first-order valence-corrected chi connectivity index (χ1v) is 5.66. The second-order valence-electron chi connectivity index (χ2n) is 4.78. The normalized spacial score (nSPS) is 30.9. The topological polar surface area (TPSA) is 19.4 Å². The molecule has 0 bridgehead atoms. The molecule has 3 rings (SSSR count). The van der Waals surface area contributed by atoms with E-state index < -0.39 is 0 Å². The Hall–Kier alpha value is -1.09. The van der Waals surface area contributed by atoms with Crippen molar-refractivity contribution in [3.8, 4) is 0 Å². The lowest BCUT2D eigenvalue weighted by molar-refractivity contribution is 0.0307. The van der Waals surface area contributed by atoms with Gasteiger partial charge in [-0.3, -0.25) is 9.88 Å². The molecular formula is C12H17N3. The maximum Gasteiger partial charge on any atom is 0.0553 e. The highest BCUT2D eigenvalue weighted by Crippen LogP contribution is 2.38. The number of rotatable bonds is 1. The molecule has 3 nitrogen and oxygen atoms in total. The van der Waals surface area contributed by atoms with E-state index in [0.29, 0.717) is 5.54 Å². The average molecular weight is 203 g/mol. The van der Waals surface area contributed by atoms with Crippen LogP contribution in [-0.4, -0.2) is 42.1 Å². The minimum Gasteiger partial charge on any atom is -0.368 e. The van der Waals surface area contributed by atoms with E-state index in [1.165, 1.54) is 38.2 Å². The third kappa shape index (κ3) is 1.34. The lowest BCUT2D eigenvalue weighted by atomic mass is 9.85. The van der Waals surface area contributed by atoms with Crippen LogP contribution in [0.2, 0.25) is 0 Å². The molecule has 3 heterocycles. The van der Waals surface area contributed by atoms with Crippen molar-refractivity contribution in [1.82, 2.24) is 9.88 Å². The minimum atomic E-state index is 0.482. The van der Waals surface area contributed by atoms with E-state index in [9.17, 15) is 0 Å². The first kappa shape index (κ1) is 9.16. The van der Waals surface area contributed by atoms with Gasteiger partial charge in [0.15, 0.2) is 0 Å². The van der Waals surface area contributed by atoms with E-state index in [4.69, 9.17) is 0 Å². The molecule has 1 spiro atoms. The van der Waals surface area contributed by atoms with Gasteiger partial charge in [0.25, 0.3) is 0 Å². The van der Waals surface area contributed by atoms with Crippen molar-refractivity contribution in [2.45, 2.75) is 18.4 Å². The summed E-state index contributed by atoms with van der Waals surface area (Å²) in [7, 11) is 2.25. The molecule has 1 unspecified atom stereocenters. The zero-order valence-corrected chi connectivity index (χ0v) is 9.19. The van der Waals surface area contributed by atoms with Crippen molar-refractivity contribution in [3.05, 3.63) is 24.5 Å². The Balaban J connectivity index is 1.77. The maximum absolute atomic E-state index is 4.18. The van der Waals surface area contributed by atoms with Gasteiger partial charge in [-0.2, -0.15) is 0 Å². The third-order valence-electron chi connectivity index (χ3n) is 4.07. The Kier molecular flexibility index (Phi) is 1.96. The quantitative estimate of drug-likeness (QED) is 0.687. The van der Waals surface area contributed by atoms with Crippen LogP contribution in [0.1, 0.15) is 12.8 Å². The molecule has 0 radical (unpaired) electrons. The first-order chi connectivity index (χ1) is 7.30. The van der Waals surface area contributed by atoms with Crippen LogP contribution in [0.5, 0.6) is 0 Å². The van der Waals surface area contributed by atoms with E-state index in [1.54, 1.807) is 0 Å². The van der Waals surface area contributed by atoms with Crippen molar-refractivity contribution in [2.75, 3.05) is 31.6 Å². The fourth-order valence-corrected chi connectivity index (χ4v) is 2.78. The summed E-state index contributed by atoms with van der Waals surface area (Å²) < 4.78 is 0. The Morgan fingerprint density at radius 2 is 2.20 bits per heavy atom. The first-order valence-electron chi connectivity index (χ1n) is 5.66. The molecule has 1 atom stereocenters. The smallest absolute Gasteiger partial charge is 0.0553 e. The van der Waals surface area contributed by atoms with Crippen LogP contribution in [0.15, 0.2) is 24.5 Å². The summed E-state index contributed by atoms with van der Waals surface area (Å²) in [6.45, 7) is 3.62. The van der Waals surface area contributed by atoms with Gasteiger partial charge >= 0.3 is 0 Å². The van der Waals surface area contributed by atoms with Crippen molar-refractivity contribution in [1.29, 1.82) is 0 Å². The van der Waals surface area contributed by atoms with Crippen LogP contribution in [0.4, 0.5) is 5.69 Å². The number of likely N-dealkylation sites (tertiary alicyclic amines) is 1. The van der Waals surface area contributed by atoms with Gasteiger partial charge in [0.2, 0.25) is 0 Å². The monoisotopic (exact) mass is 203 g/mol. The molecule has 15 heavy (non-hydrogen) atoms. The maximum atomic E-state index is 4.18. The Labute approximate surface area is 90.7 Å². The van der Waals surface area contributed by atoms with Gasteiger partial charge in [-0.1, -0.05) is 0 Å². The zero-order valence-electron chi connectivity index (χ0n) is 9.19. The molecule has 0 saturated carbocycles. The Morgan fingerprint density at radius 3 is 2.73 bits per heavy atom. The number of anilines is 1. The highest BCUT2D eigenvalue weighted by atomic mass is 15.3. The molecule has 2 aliphatic heterocycles. The van der Waals surface area contributed by atoms with Crippen LogP contribution < -0.4 is 4.90 Å². The summed E-state index contributed by atoms with van der Waals surface area (Å²) in [4.78, 5) is 9.15. The summed E-state index contributed by atoms with van der Waals surface area (Å²) in [6, 6.07) is 4.18. The van der Waals surface area contributed by atoms with Crippen molar-refractivity contribution in [2.24, 2.45) is 0 Å². The lowest BCUT2D eigenvalue weighted by Gasteiger charge is -2.48. The van der Waals surface area contributed by atoms with E-state index in [2.05, 4.69) is 27.9 Å². The molecule has 1 aromatic heterocycles. The number of likely N-dealkylation sites (N-methyl/N-ethyl adjacent to an activating group) is 1. The Morgan fingerprint density at radius 1 is 1.33 bits per heavy atom. The van der Waals surface area contributed by atoms with Crippen molar-refractivity contribution in [3.63, 3.8) is 0 Å². The molecule has 0 amide bonds. The predicted octanol–water partition coefficient (Wildman–Crippen LogP) is 1.37. The van der Waals surface area contributed by atoms with Gasteiger partial charge < -0.3 is 4.90 Å². The highest BCUT2D eigenvalue weighted by molar-refractivity contribution is 5.46. The number of pyridine rings is 1. The molecule has 2 saturated heterocycles. The summed E-state index contributed by atoms with van der Waals surface area (Å²) in [6.07, 6.45) is 6.47. The predicted molar refractivity (Wildman–Crippen MR) is 61.0 cm³/mol. The number of aromatic nitrogens is 1. The minimum absolute atomic E-state index is 0.482. The molecular weight excluding hydrogens is 186 g/mol. The summed E-state index contributed by atoms with van der Waals surface area (Å²) in [5.74, 6) is 0. The third-order valence-corrected chi connectivity index (χ3v) is 4.07. The standard InChI is InChI=1S/C12H17N3/c1-14-7-4-12(14)5-8-15(10-12)11-3-2-6-13-9-11/h2-3,6,9H,4-5,7-8,10H2,1H3. The van der Waals surface area contributed by atoms with Gasteiger partial charge in [-0.05, 0) is 32.0 Å². The van der Waals surface area contributed by atoms with Crippen molar-refractivity contribution >= 4 is 5.69 Å². The molecule has 1 aromatic rings. The molecule has 0 aliphatic carbocycles. The highest BCUT2D eigenvalue weighted by Gasteiger charge is 2.47. The number of hydrogen-bond donors (Lipinski definition) is 0. The van der Waals surface area contributed by atoms with Crippen LogP contribution in [0, 0.1) is 0 Å². The van der Waals surface area contributed by atoms with E-state index in [1.807, 2.05) is 18.5 Å². The van der Waals surface area contributed by atoms with Crippen LogP contribution in [0.25, 0.3) is 0 Å². The SMILES string of the molecule is CN1CCC12CCN(c1cccnc1)C2. The van der Waals surface area contributed by atoms with Crippen LogP contribution >= 0.6 is 0 Å². The summed E-state index contributed by atoms with van der Waals surface area (Å²) >= 11 is 0. The van der Waals surface area contributed by atoms with Gasteiger partial charge in [-0.15, -0.1) is 0 Å². The molecule has 80 valence electrons. The molecule has 3 heteroatoms. The van der Waals surface area contributed by atoms with E-state index >= 15 is 0 Å². The number of nitrogens with zero attached hydrogens (tertiary/aromatic N) is 3. The van der Waals surface area contributed by atoms with Gasteiger partial charge in [0, 0.05) is 31.4 Å². The lowest BCUT2D eigenvalue weighted by Crippen LogP contribution is -2.59. The van der Waals surface area contributed by atoms with Gasteiger partial charge in [0.1, 0.15) is 0 Å². The molecule has 2 fully saturated rings. The number of hydrogen-bond acceptors (Lipinski definition) is 3. The second kappa shape index (κ2) is 3.20. The molecule has 0 N–H and O–H groups in total. The molecule has 0 aromatic carbocycles. The van der Waals surface area contributed by atoms with Gasteiger partial charge in [-0.25, -0.2) is 0 Å². The Bertz CT molecular complexity index is 351. The van der Waals surface area contributed by atoms with Gasteiger partial charge in [0.05, 0.1) is 11.9 Å². The summed E-state index contributed by atoms with van der Waals surface area (Å²) in [5, 5.41) is 0. The molecule has 2 aliphatic rings. The van der Waals surface area contributed by atoms with E-state index in [0.717, 1.165) is 0 Å². The fourth-order valence-electron chi connectivity index (χ4n) is 2.78. The van der Waals surface area contributed by atoms with Crippen molar-refractivity contribution < 1.29 is 0 Å². The van der Waals surface area contributed by atoms with E-state index in [-0.39, 0.29) is 0 Å². The average Bonchev–Trinajstić information content (AvgIpc) is 2.76. The van der Waals surface area contributed by atoms with Crippen LogP contribution in [-0.2, 0) is 0 Å². The van der Waals surface area contributed by atoms with Crippen LogP contribution in [0.3, 0.4) is 0 Å². The zero-order chi connectivity index (χ0) is 10.3. The fraction of sp³-hybridized carbons (Fsp3) is 0.583.